The minimum atomic E-state index is -4.13. The monoisotopic (exact) mass is 534 g/mol. The summed E-state index contributed by atoms with van der Waals surface area (Å²) in [4.78, 5) is -0.0457. The van der Waals surface area contributed by atoms with E-state index in [1.54, 1.807) is 30.3 Å². The molecule has 0 atom stereocenters. The van der Waals surface area contributed by atoms with Crippen LogP contribution in [-0.2, 0) is 10.1 Å². The summed E-state index contributed by atoms with van der Waals surface area (Å²) in [6.45, 7) is 9.08. The first-order valence-corrected chi connectivity index (χ1v) is 15.3. The van der Waals surface area contributed by atoms with Crippen LogP contribution in [0.3, 0.4) is 0 Å². The molecule has 0 heterocycles. The second-order valence-corrected chi connectivity index (χ2v) is 10.6. The third kappa shape index (κ3) is 20.6. The fraction of sp³-hybridized carbons (Fsp3) is 0.667. The number of hydrogen-bond acceptors (Lipinski definition) is 2. The van der Waals surface area contributed by atoms with Gasteiger partial charge in [-0.25, -0.2) is 0 Å². The average molecular weight is 535 g/mol. The van der Waals surface area contributed by atoms with E-state index in [-0.39, 0.29) is 45.5 Å². The van der Waals surface area contributed by atoms with E-state index in [2.05, 4.69) is 27.7 Å². The summed E-state index contributed by atoms with van der Waals surface area (Å²) < 4.78 is 31.0. The maximum atomic E-state index is 11.0. The predicted molar refractivity (Wildman–Crippen MR) is 158 cm³/mol. The third-order valence-electron chi connectivity index (χ3n) is 5.94. The van der Waals surface area contributed by atoms with Crippen molar-refractivity contribution in [3.05, 3.63) is 42.5 Å². The fourth-order valence-electron chi connectivity index (χ4n) is 3.83. The van der Waals surface area contributed by atoms with E-state index in [1.807, 2.05) is 6.07 Å². The summed E-state index contributed by atoms with van der Waals surface area (Å²) in [5.74, 6) is 0. The van der Waals surface area contributed by atoms with E-state index in [4.69, 9.17) is 4.55 Å². The number of benzene rings is 2. The molecule has 0 saturated carbocycles. The van der Waals surface area contributed by atoms with Crippen molar-refractivity contribution < 1.29 is 15.8 Å². The second kappa shape index (κ2) is 25.5. The Morgan fingerprint density at radius 3 is 1.29 bits per heavy atom. The van der Waals surface area contributed by atoms with Crippen LogP contribution in [0, 0.1) is 0 Å². The Kier molecular flexibility index (Phi) is 27.0. The zero-order valence-electron chi connectivity index (χ0n) is 25.2. The zero-order chi connectivity index (χ0) is 25.5. The third-order valence-corrected chi connectivity index (χ3v) is 6.85. The molecular weight excluding hydrogens is 480 g/mol. The maximum absolute atomic E-state index is 11.0. The maximum Gasteiger partial charge on any atom is 2.00 e. The van der Waals surface area contributed by atoms with Gasteiger partial charge in [0, 0.05) is 5.39 Å². The Morgan fingerprint density at radius 2 is 0.914 bits per heavy atom. The summed E-state index contributed by atoms with van der Waals surface area (Å²) >= 11 is 0. The minimum Gasteiger partial charge on any atom is -1.00 e. The topological polar surface area (TPSA) is 54.4 Å². The molecule has 5 heteroatoms. The van der Waals surface area contributed by atoms with Crippen molar-refractivity contribution in [2.75, 3.05) is 0 Å². The molecule has 0 saturated heterocycles. The molecule has 200 valence electrons. The van der Waals surface area contributed by atoms with Gasteiger partial charge in [-0.3, -0.25) is 4.55 Å². The van der Waals surface area contributed by atoms with E-state index >= 15 is 0 Å². The van der Waals surface area contributed by atoms with Crippen molar-refractivity contribution in [1.29, 1.82) is 0 Å². The molecule has 0 radical (unpaired) electrons. The molecule has 3 nitrogen and oxygen atoms in total. The van der Waals surface area contributed by atoms with Gasteiger partial charge in [-0.15, -0.1) is 0 Å². The second-order valence-electron chi connectivity index (χ2n) is 9.19. The molecule has 2 aromatic rings. The number of fused-ring (bicyclic) bond motifs is 1. The summed E-state index contributed by atoms with van der Waals surface area (Å²) in [6, 6.07) is 11.8. The van der Waals surface area contributed by atoms with Crippen LogP contribution in [0.1, 0.15) is 133 Å². The van der Waals surface area contributed by atoms with Gasteiger partial charge in [0.05, 0.1) is 0 Å². The normalized spacial score (nSPS) is 10.5. The Morgan fingerprint density at radius 1 is 0.571 bits per heavy atom. The molecule has 0 aliphatic rings. The number of hydrogen-bond donors (Lipinski definition) is 1. The van der Waals surface area contributed by atoms with Crippen molar-refractivity contribution in [3.63, 3.8) is 0 Å². The van der Waals surface area contributed by atoms with Crippen LogP contribution in [-0.4, -0.2) is 50.7 Å². The number of rotatable bonds is 15. The Bertz CT molecular complexity index is 795. The smallest absolute Gasteiger partial charge is 1.00 e. The molecule has 0 unspecified atom stereocenters. The molecule has 0 aliphatic carbocycles. The summed E-state index contributed by atoms with van der Waals surface area (Å²) in [5, 5.41) is 1.33. The first kappa shape index (κ1) is 37.0. The van der Waals surface area contributed by atoms with Crippen LogP contribution in [0.5, 0.6) is 0 Å². The Hall–Kier alpha value is -0.130. The molecule has 0 fully saturated rings. The van der Waals surface area contributed by atoms with Crippen LogP contribution in [0.4, 0.5) is 0 Å². The molecule has 0 bridgehead atoms. The summed E-state index contributed by atoms with van der Waals surface area (Å²) in [7, 11) is -4.13. The Labute approximate surface area is 250 Å². The molecule has 0 spiro atoms. The Balaban J connectivity index is -0.000000218. The van der Waals surface area contributed by atoms with Crippen molar-refractivity contribution in [2.45, 2.75) is 135 Å². The van der Waals surface area contributed by atoms with Crippen LogP contribution >= 0.6 is 0 Å². The number of unbranched alkanes of at least 4 members (excludes halogenated alkanes) is 14. The molecule has 0 aromatic heterocycles. The minimum absolute atomic E-state index is 0. The molecular formula is C30H54CaO3S. The summed E-state index contributed by atoms with van der Waals surface area (Å²) in [6.07, 6.45) is 22.9. The van der Waals surface area contributed by atoms with Crippen molar-refractivity contribution in [2.24, 2.45) is 0 Å². The molecule has 2 rings (SSSR count). The largest absolute Gasteiger partial charge is 2.00 e. The molecule has 35 heavy (non-hydrogen) atoms. The van der Waals surface area contributed by atoms with Crippen LogP contribution in [0.15, 0.2) is 47.4 Å². The van der Waals surface area contributed by atoms with Gasteiger partial charge in [-0.2, -0.15) is 8.42 Å². The van der Waals surface area contributed by atoms with E-state index in [0.29, 0.717) is 5.39 Å². The standard InChI is InChI=1S/C10H8O3S.2C10H22.Ca.2H/c11-14(12,13)10-7-3-5-8-4-1-2-6-9(8)10;2*1-3-5-7-9-10-8-6-4-2;;;/h1-7H,(H,11,12,13);2*3-10H2,1-2H3;;;/q;;;+2;2*-1. The SMILES string of the molecule is CCCCCCCCCC.CCCCCCCCCC.O=S(=O)(O)c1cccc2ccccc12.[Ca+2].[H-].[H-]. The van der Waals surface area contributed by atoms with Gasteiger partial charge in [0.1, 0.15) is 4.90 Å². The quantitative estimate of drug-likeness (QED) is 0.140. The van der Waals surface area contributed by atoms with E-state index in [1.165, 1.54) is 109 Å². The molecule has 2 aromatic carbocycles. The summed E-state index contributed by atoms with van der Waals surface area (Å²) in [5.41, 5.74) is 0. The van der Waals surface area contributed by atoms with Gasteiger partial charge in [0.2, 0.25) is 0 Å². The average Bonchev–Trinajstić information content (AvgIpc) is 2.83. The van der Waals surface area contributed by atoms with Gasteiger partial charge in [-0.05, 0) is 11.5 Å². The molecule has 0 amide bonds. The van der Waals surface area contributed by atoms with Crippen molar-refractivity contribution in [1.82, 2.24) is 0 Å². The zero-order valence-corrected chi connectivity index (χ0v) is 26.3. The van der Waals surface area contributed by atoms with Crippen LogP contribution in [0.2, 0.25) is 0 Å². The predicted octanol–water partition coefficient (Wildman–Crippen LogP) is 10.2. The van der Waals surface area contributed by atoms with Gasteiger partial charge >= 0.3 is 37.7 Å². The fourth-order valence-corrected chi connectivity index (χ4v) is 4.55. The van der Waals surface area contributed by atoms with Gasteiger partial charge in [-0.1, -0.05) is 167 Å². The van der Waals surface area contributed by atoms with Gasteiger partial charge < -0.3 is 2.85 Å². The molecule has 1 N–H and O–H groups in total. The van der Waals surface area contributed by atoms with Gasteiger partial charge in [0.15, 0.2) is 0 Å². The van der Waals surface area contributed by atoms with E-state index in [9.17, 15) is 8.42 Å². The first-order valence-electron chi connectivity index (χ1n) is 13.9. The van der Waals surface area contributed by atoms with Crippen molar-refractivity contribution >= 4 is 58.6 Å². The first-order chi connectivity index (χ1) is 16.4. The molecule has 0 aliphatic heterocycles. The van der Waals surface area contributed by atoms with E-state index in [0.717, 1.165) is 5.39 Å². The van der Waals surface area contributed by atoms with Crippen molar-refractivity contribution in [3.8, 4) is 0 Å². The van der Waals surface area contributed by atoms with Crippen LogP contribution < -0.4 is 0 Å². The van der Waals surface area contributed by atoms with E-state index < -0.39 is 10.1 Å². The van der Waals surface area contributed by atoms with Crippen LogP contribution in [0.25, 0.3) is 10.8 Å². The van der Waals surface area contributed by atoms with Gasteiger partial charge in [0.25, 0.3) is 10.1 Å².